The van der Waals surface area contributed by atoms with Gasteiger partial charge in [-0.1, -0.05) is 6.42 Å². The molecule has 0 aliphatic heterocycles. The highest BCUT2D eigenvalue weighted by molar-refractivity contribution is 9.11. The highest BCUT2D eigenvalue weighted by Crippen LogP contribution is 2.43. The molecule has 3 heteroatoms. The van der Waals surface area contributed by atoms with Crippen molar-refractivity contribution in [1.29, 1.82) is 0 Å². The van der Waals surface area contributed by atoms with Crippen molar-refractivity contribution in [2.45, 2.75) is 25.7 Å². The minimum atomic E-state index is 0.449. The molecule has 1 aromatic heterocycles. The van der Waals surface area contributed by atoms with Gasteiger partial charge in [0, 0.05) is 4.88 Å². The van der Waals surface area contributed by atoms with E-state index >= 15 is 0 Å². The van der Waals surface area contributed by atoms with Gasteiger partial charge in [-0.05, 0) is 59.3 Å². The molecular formula is C10H14BrNS. The first-order valence-electron chi connectivity index (χ1n) is 4.68. The molecule has 13 heavy (non-hydrogen) atoms. The van der Waals surface area contributed by atoms with Crippen LogP contribution in [0.1, 0.15) is 24.1 Å². The van der Waals surface area contributed by atoms with E-state index in [2.05, 4.69) is 28.1 Å². The first-order chi connectivity index (χ1) is 6.24. The lowest BCUT2D eigenvalue weighted by Gasteiger charge is -2.40. The molecule has 1 fully saturated rings. The summed E-state index contributed by atoms with van der Waals surface area (Å²) in [4.78, 5) is 1.47. The maximum Gasteiger partial charge on any atom is 0.0701 e. The van der Waals surface area contributed by atoms with Crippen LogP contribution >= 0.6 is 27.3 Å². The lowest BCUT2D eigenvalue weighted by atomic mass is 9.66. The number of rotatable bonds is 3. The van der Waals surface area contributed by atoms with Gasteiger partial charge in [-0.2, -0.15) is 0 Å². The number of nitrogens with two attached hydrogens (primary N) is 1. The van der Waals surface area contributed by atoms with E-state index in [9.17, 15) is 0 Å². The predicted octanol–water partition coefficient (Wildman–Crippen LogP) is 3.18. The largest absolute Gasteiger partial charge is 0.330 e. The monoisotopic (exact) mass is 259 g/mol. The third-order valence-corrected chi connectivity index (χ3v) is 4.65. The lowest BCUT2D eigenvalue weighted by molar-refractivity contribution is 0.146. The molecule has 72 valence electrons. The molecule has 0 saturated heterocycles. The Bertz CT molecular complexity index is 285. The van der Waals surface area contributed by atoms with Gasteiger partial charge in [0.2, 0.25) is 0 Å². The third kappa shape index (κ3) is 1.97. The third-order valence-electron chi connectivity index (χ3n) is 3.03. The van der Waals surface area contributed by atoms with Crippen molar-refractivity contribution >= 4 is 27.3 Å². The maximum atomic E-state index is 5.82. The van der Waals surface area contributed by atoms with Crippen molar-refractivity contribution in [3.8, 4) is 0 Å². The zero-order chi connectivity index (χ0) is 9.31. The molecule has 1 aliphatic rings. The van der Waals surface area contributed by atoms with Crippen LogP contribution in [0.2, 0.25) is 0 Å². The molecule has 1 nitrogen and oxygen atoms in total. The Morgan fingerprint density at radius 1 is 1.46 bits per heavy atom. The SMILES string of the molecule is NCC1(Cc2ccc(Br)s2)CCC1. The van der Waals surface area contributed by atoms with Crippen molar-refractivity contribution in [2.24, 2.45) is 11.1 Å². The minimum absolute atomic E-state index is 0.449. The van der Waals surface area contributed by atoms with Crippen molar-refractivity contribution in [3.05, 3.63) is 20.8 Å². The first-order valence-corrected chi connectivity index (χ1v) is 6.29. The summed E-state index contributed by atoms with van der Waals surface area (Å²) >= 11 is 5.33. The Morgan fingerprint density at radius 3 is 2.62 bits per heavy atom. The molecule has 0 unspecified atom stereocenters. The molecule has 0 spiro atoms. The molecule has 1 aliphatic carbocycles. The minimum Gasteiger partial charge on any atom is -0.330 e. The van der Waals surface area contributed by atoms with Gasteiger partial charge in [0.05, 0.1) is 3.79 Å². The Balaban J connectivity index is 2.04. The molecular weight excluding hydrogens is 246 g/mol. The van der Waals surface area contributed by atoms with Crippen LogP contribution in [0.25, 0.3) is 0 Å². The van der Waals surface area contributed by atoms with E-state index in [1.54, 1.807) is 0 Å². The van der Waals surface area contributed by atoms with E-state index in [4.69, 9.17) is 5.73 Å². The number of hydrogen-bond donors (Lipinski definition) is 1. The van der Waals surface area contributed by atoms with Crippen LogP contribution in [0.3, 0.4) is 0 Å². The topological polar surface area (TPSA) is 26.0 Å². The van der Waals surface area contributed by atoms with E-state index in [1.165, 1.54) is 34.3 Å². The van der Waals surface area contributed by atoms with Crippen LogP contribution in [-0.4, -0.2) is 6.54 Å². The summed E-state index contributed by atoms with van der Waals surface area (Å²) in [5.74, 6) is 0. The van der Waals surface area contributed by atoms with Gasteiger partial charge in [0.1, 0.15) is 0 Å². The highest BCUT2D eigenvalue weighted by atomic mass is 79.9. The van der Waals surface area contributed by atoms with E-state index < -0.39 is 0 Å². The van der Waals surface area contributed by atoms with Crippen molar-refractivity contribution in [2.75, 3.05) is 6.54 Å². The van der Waals surface area contributed by atoms with Gasteiger partial charge in [-0.25, -0.2) is 0 Å². The summed E-state index contributed by atoms with van der Waals surface area (Å²) in [5.41, 5.74) is 6.27. The number of thiophene rings is 1. The fourth-order valence-electron chi connectivity index (χ4n) is 1.95. The van der Waals surface area contributed by atoms with Crippen LogP contribution in [0.5, 0.6) is 0 Å². The summed E-state index contributed by atoms with van der Waals surface area (Å²) in [5, 5.41) is 0. The van der Waals surface area contributed by atoms with Crippen molar-refractivity contribution in [1.82, 2.24) is 0 Å². The van der Waals surface area contributed by atoms with E-state index in [-0.39, 0.29) is 0 Å². The molecule has 0 atom stereocenters. The van der Waals surface area contributed by atoms with Crippen LogP contribution in [0.15, 0.2) is 15.9 Å². The van der Waals surface area contributed by atoms with Gasteiger partial charge in [0.25, 0.3) is 0 Å². The van der Waals surface area contributed by atoms with E-state index in [0.717, 1.165) is 6.54 Å². The Kier molecular flexibility index (Phi) is 2.77. The maximum absolute atomic E-state index is 5.82. The Hall–Kier alpha value is 0.140. The summed E-state index contributed by atoms with van der Waals surface area (Å²) < 4.78 is 1.23. The second-order valence-electron chi connectivity index (χ2n) is 3.94. The molecule has 1 aromatic rings. The fraction of sp³-hybridized carbons (Fsp3) is 0.600. The summed E-state index contributed by atoms with van der Waals surface area (Å²) in [6.07, 6.45) is 5.18. The highest BCUT2D eigenvalue weighted by Gasteiger charge is 2.35. The lowest BCUT2D eigenvalue weighted by Crippen LogP contribution is -2.38. The number of halogens is 1. The zero-order valence-electron chi connectivity index (χ0n) is 7.55. The Morgan fingerprint density at radius 2 is 2.23 bits per heavy atom. The molecule has 0 radical (unpaired) electrons. The molecule has 0 aromatic carbocycles. The molecule has 1 saturated carbocycles. The van der Waals surface area contributed by atoms with E-state index in [1.807, 2.05) is 11.3 Å². The standard InChI is InChI=1S/C10H14BrNS/c11-9-3-2-8(13-9)6-10(7-12)4-1-5-10/h2-3H,1,4-7,12H2. The molecule has 1 heterocycles. The van der Waals surface area contributed by atoms with Gasteiger partial charge >= 0.3 is 0 Å². The first kappa shape index (κ1) is 9.69. The second kappa shape index (κ2) is 3.71. The molecule has 0 amide bonds. The smallest absolute Gasteiger partial charge is 0.0701 e. The van der Waals surface area contributed by atoms with Gasteiger partial charge in [0.15, 0.2) is 0 Å². The van der Waals surface area contributed by atoms with Crippen molar-refractivity contribution in [3.63, 3.8) is 0 Å². The molecule has 0 bridgehead atoms. The molecule has 2 N–H and O–H groups in total. The van der Waals surface area contributed by atoms with Crippen LogP contribution < -0.4 is 5.73 Å². The fourth-order valence-corrected chi connectivity index (χ4v) is 3.60. The number of hydrogen-bond acceptors (Lipinski definition) is 2. The Labute approximate surface area is 91.5 Å². The summed E-state index contributed by atoms with van der Waals surface area (Å²) in [6, 6.07) is 4.34. The van der Waals surface area contributed by atoms with Crippen LogP contribution in [0.4, 0.5) is 0 Å². The quantitative estimate of drug-likeness (QED) is 0.887. The summed E-state index contributed by atoms with van der Waals surface area (Å²) in [7, 11) is 0. The average molecular weight is 260 g/mol. The van der Waals surface area contributed by atoms with E-state index in [0.29, 0.717) is 5.41 Å². The zero-order valence-corrected chi connectivity index (χ0v) is 9.96. The van der Waals surface area contributed by atoms with Crippen LogP contribution in [-0.2, 0) is 6.42 Å². The normalized spacial score (nSPS) is 19.8. The van der Waals surface area contributed by atoms with Gasteiger partial charge < -0.3 is 5.73 Å². The second-order valence-corrected chi connectivity index (χ2v) is 6.49. The summed E-state index contributed by atoms with van der Waals surface area (Å²) in [6.45, 7) is 0.850. The van der Waals surface area contributed by atoms with Gasteiger partial charge in [-0.15, -0.1) is 11.3 Å². The van der Waals surface area contributed by atoms with Crippen molar-refractivity contribution < 1.29 is 0 Å². The van der Waals surface area contributed by atoms with Crippen LogP contribution in [0, 0.1) is 5.41 Å². The average Bonchev–Trinajstić information content (AvgIpc) is 2.44. The van der Waals surface area contributed by atoms with Gasteiger partial charge in [-0.3, -0.25) is 0 Å². The predicted molar refractivity (Wildman–Crippen MR) is 61.1 cm³/mol. The molecule has 2 rings (SSSR count).